The number of imide groups is 1. The number of hydrogen-bond donors (Lipinski definition) is 1. The molecule has 2 heterocycles. The minimum Gasteiger partial charge on any atom is -0.368 e. The normalized spacial score (nSPS) is 17.1. The van der Waals surface area contributed by atoms with E-state index in [4.69, 9.17) is 0 Å². The quantitative estimate of drug-likeness (QED) is 0.656. The van der Waals surface area contributed by atoms with Gasteiger partial charge in [0.2, 0.25) is 17.7 Å². The van der Waals surface area contributed by atoms with Crippen LogP contribution in [-0.2, 0) is 14.4 Å². The molecule has 5 amide bonds. The maximum Gasteiger partial charge on any atom is 0.326 e. The molecule has 0 bridgehead atoms. The standard InChI is InChI=1S/C20H27N5O4/c1-22-15-19(28)25(20(22)29)9-5-8-17(26)21-14-18(27)24-12-10-23(11-13-24)16-6-3-2-4-7-16/h2-4,6-7H,5,8-15H2,1H3,(H,21,26). The van der Waals surface area contributed by atoms with Crippen molar-refractivity contribution in [2.45, 2.75) is 12.8 Å². The van der Waals surface area contributed by atoms with Gasteiger partial charge in [0.1, 0.15) is 6.54 Å². The van der Waals surface area contributed by atoms with Gasteiger partial charge in [-0.2, -0.15) is 0 Å². The third kappa shape index (κ3) is 5.24. The van der Waals surface area contributed by atoms with E-state index in [0.29, 0.717) is 19.5 Å². The smallest absolute Gasteiger partial charge is 0.326 e. The molecule has 9 nitrogen and oxygen atoms in total. The summed E-state index contributed by atoms with van der Waals surface area (Å²) in [6.45, 7) is 3.02. The average Bonchev–Trinajstić information content (AvgIpc) is 2.98. The molecular weight excluding hydrogens is 374 g/mol. The number of likely N-dealkylation sites (N-methyl/N-ethyl adjacent to an activating group) is 1. The van der Waals surface area contributed by atoms with Crippen LogP contribution < -0.4 is 10.2 Å². The van der Waals surface area contributed by atoms with Crippen LogP contribution in [0.5, 0.6) is 0 Å². The summed E-state index contributed by atoms with van der Waals surface area (Å²) in [5, 5.41) is 2.64. The fourth-order valence-corrected chi connectivity index (χ4v) is 3.51. The van der Waals surface area contributed by atoms with E-state index in [1.165, 1.54) is 4.90 Å². The summed E-state index contributed by atoms with van der Waals surface area (Å²) >= 11 is 0. The first kappa shape index (κ1) is 20.6. The first-order valence-electron chi connectivity index (χ1n) is 9.85. The molecule has 0 aliphatic carbocycles. The van der Waals surface area contributed by atoms with E-state index in [-0.39, 0.29) is 49.8 Å². The van der Waals surface area contributed by atoms with Crippen molar-refractivity contribution in [3.05, 3.63) is 30.3 Å². The van der Waals surface area contributed by atoms with Gasteiger partial charge in [-0.05, 0) is 18.6 Å². The van der Waals surface area contributed by atoms with Crippen LogP contribution in [0.4, 0.5) is 10.5 Å². The van der Waals surface area contributed by atoms with Crippen molar-refractivity contribution < 1.29 is 19.2 Å². The van der Waals surface area contributed by atoms with Crippen molar-refractivity contribution in [1.82, 2.24) is 20.0 Å². The lowest BCUT2D eigenvalue weighted by molar-refractivity contribution is -0.133. The summed E-state index contributed by atoms with van der Waals surface area (Å²) in [5.41, 5.74) is 1.15. The van der Waals surface area contributed by atoms with Crippen LogP contribution in [0.25, 0.3) is 0 Å². The third-order valence-electron chi connectivity index (χ3n) is 5.21. The number of amides is 5. The average molecular weight is 401 g/mol. The fraction of sp³-hybridized carbons (Fsp3) is 0.500. The van der Waals surface area contributed by atoms with E-state index in [9.17, 15) is 19.2 Å². The van der Waals surface area contributed by atoms with Crippen LogP contribution in [0.2, 0.25) is 0 Å². The Hall–Kier alpha value is -3.10. The van der Waals surface area contributed by atoms with E-state index in [1.807, 2.05) is 18.2 Å². The van der Waals surface area contributed by atoms with Gasteiger partial charge in [-0.1, -0.05) is 18.2 Å². The zero-order chi connectivity index (χ0) is 20.8. The largest absolute Gasteiger partial charge is 0.368 e. The second-order valence-electron chi connectivity index (χ2n) is 7.27. The Bertz CT molecular complexity index is 761. The summed E-state index contributed by atoms with van der Waals surface area (Å²) in [6, 6.07) is 9.75. The topological polar surface area (TPSA) is 93.3 Å². The number of para-hydroxylation sites is 1. The van der Waals surface area contributed by atoms with Crippen LogP contribution in [0, 0.1) is 0 Å². The molecular formula is C20H27N5O4. The summed E-state index contributed by atoms with van der Waals surface area (Å²) in [7, 11) is 1.57. The van der Waals surface area contributed by atoms with Gasteiger partial charge >= 0.3 is 6.03 Å². The predicted molar refractivity (Wildman–Crippen MR) is 107 cm³/mol. The van der Waals surface area contributed by atoms with E-state index in [2.05, 4.69) is 22.3 Å². The van der Waals surface area contributed by atoms with Gasteiger partial charge in [0.15, 0.2) is 0 Å². The molecule has 156 valence electrons. The molecule has 2 aliphatic heterocycles. The van der Waals surface area contributed by atoms with Crippen LogP contribution in [-0.4, -0.2) is 91.3 Å². The molecule has 2 fully saturated rings. The highest BCUT2D eigenvalue weighted by Gasteiger charge is 2.32. The highest BCUT2D eigenvalue weighted by atomic mass is 16.2. The molecule has 0 atom stereocenters. The number of nitrogens with zero attached hydrogens (tertiary/aromatic N) is 4. The van der Waals surface area contributed by atoms with Crippen molar-refractivity contribution in [2.24, 2.45) is 0 Å². The van der Waals surface area contributed by atoms with Gasteiger partial charge in [-0.25, -0.2) is 4.79 Å². The van der Waals surface area contributed by atoms with E-state index < -0.39 is 0 Å². The van der Waals surface area contributed by atoms with Gasteiger partial charge in [-0.3, -0.25) is 19.3 Å². The lowest BCUT2D eigenvalue weighted by atomic mass is 10.2. The van der Waals surface area contributed by atoms with E-state index in [0.717, 1.165) is 23.7 Å². The number of urea groups is 1. The number of hydrogen-bond acceptors (Lipinski definition) is 5. The molecule has 0 unspecified atom stereocenters. The Balaban J connectivity index is 1.33. The minimum absolute atomic E-state index is 0.0333. The lowest BCUT2D eigenvalue weighted by Crippen LogP contribution is -2.51. The third-order valence-corrected chi connectivity index (χ3v) is 5.21. The highest BCUT2D eigenvalue weighted by molar-refractivity contribution is 6.01. The maximum absolute atomic E-state index is 12.3. The zero-order valence-corrected chi connectivity index (χ0v) is 16.7. The van der Waals surface area contributed by atoms with Gasteiger partial charge in [0.05, 0.1) is 6.54 Å². The number of benzene rings is 1. The molecule has 2 aliphatic rings. The molecule has 1 aromatic rings. The molecule has 1 N–H and O–H groups in total. The van der Waals surface area contributed by atoms with Crippen molar-refractivity contribution in [1.29, 1.82) is 0 Å². The predicted octanol–water partition coefficient (Wildman–Crippen LogP) is 0.126. The van der Waals surface area contributed by atoms with Gasteiger partial charge in [-0.15, -0.1) is 0 Å². The van der Waals surface area contributed by atoms with Crippen LogP contribution in [0.15, 0.2) is 30.3 Å². The molecule has 0 radical (unpaired) electrons. The number of anilines is 1. The number of nitrogens with one attached hydrogen (secondary N) is 1. The Labute approximate surface area is 170 Å². The SMILES string of the molecule is CN1CC(=O)N(CCCC(=O)NCC(=O)N2CCN(c3ccccc3)CC2)C1=O. The number of carbonyl (C=O) groups excluding carboxylic acids is 4. The van der Waals surface area contributed by atoms with Crippen molar-refractivity contribution in [3.8, 4) is 0 Å². The highest BCUT2D eigenvalue weighted by Crippen LogP contribution is 2.15. The molecule has 0 aromatic heterocycles. The van der Waals surface area contributed by atoms with Crippen LogP contribution in [0.3, 0.4) is 0 Å². The van der Waals surface area contributed by atoms with Gasteiger partial charge < -0.3 is 20.0 Å². The van der Waals surface area contributed by atoms with E-state index in [1.54, 1.807) is 11.9 Å². The van der Waals surface area contributed by atoms with Crippen molar-refractivity contribution in [2.75, 3.05) is 57.8 Å². The molecule has 3 rings (SSSR count). The van der Waals surface area contributed by atoms with Crippen LogP contribution >= 0.6 is 0 Å². The summed E-state index contributed by atoms with van der Waals surface area (Å²) in [5.74, 6) is -0.603. The van der Waals surface area contributed by atoms with Gasteiger partial charge in [0, 0.05) is 51.9 Å². The van der Waals surface area contributed by atoms with Crippen LogP contribution in [0.1, 0.15) is 12.8 Å². The maximum atomic E-state index is 12.3. The molecule has 0 spiro atoms. The second kappa shape index (κ2) is 9.40. The Morgan fingerprint density at radius 1 is 1.03 bits per heavy atom. The zero-order valence-electron chi connectivity index (χ0n) is 16.7. The first-order valence-corrected chi connectivity index (χ1v) is 9.85. The molecule has 1 aromatic carbocycles. The Morgan fingerprint density at radius 3 is 2.34 bits per heavy atom. The minimum atomic E-state index is -0.333. The lowest BCUT2D eigenvalue weighted by Gasteiger charge is -2.36. The van der Waals surface area contributed by atoms with Crippen molar-refractivity contribution in [3.63, 3.8) is 0 Å². The number of piperazine rings is 1. The summed E-state index contributed by atoms with van der Waals surface area (Å²) in [4.78, 5) is 54.3. The second-order valence-corrected chi connectivity index (χ2v) is 7.27. The molecule has 0 saturated carbocycles. The Kier molecular flexibility index (Phi) is 6.69. The fourth-order valence-electron chi connectivity index (χ4n) is 3.51. The van der Waals surface area contributed by atoms with E-state index >= 15 is 0 Å². The summed E-state index contributed by atoms with van der Waals surface area (Å²) < 4.78 is 0. The monoisotopic (exact) mass is 401 g/mol. The molecule has 2 saturated heterocycles. The number of rotatable bonds is 7. The Morgan fingerprint density at radius 2 is 1.72 bits per heavy atom. The summed E-state index contributed by atoms with van der Waals surface area (Å²) in [6.07, 6.45) is 0.539. The molecule has 29 heavy (non-hydrogen) atoms. The number of carbonyl (C=O) groups is 4. The van der Waals surface area contributed by atoms with Gasteiger partial charge in [0.25, 0.3) is 0 Å². The first-order chi connectivity index (χ1) is 14.0. The molecule has 9 heteroatoms. The van der Waals surface area contributed by atoms with Crippen molar-refractivity contribution >= 4 is 29.4 Å².